The zero-order chi connectivity index (χ0) is 13.9. The lowest BCUT2D eigenvalue weighted by Gasteiger charge is -2.19. The number of carbonyl (C=O) groups is 1. The summed E-state index contributed by atoms with van der Waals surface area (Å²) in [4.78, 5) is 10.8. The molecule has 0 bridgehead atoms. The van der Waals surface area contributed by atoms with Crippen molar-refractivity contribution in [1.82, 2.24) is 4.31 Å². The Kier molecular flexibility index (Phi) is 4.72. The quantitative estimate of drug-likeness (QED) is 0.895. The van der Waals surface area contributed by atoms with Crippen LogP contribution >= 0.6 is 11.6 Å². The van der Waals surface area contributed by atoms with Gasteiger partial charge in [-0.3, -0.25) is 4.79 Å². The molecule has 1 unspecified atom stereocenters. The van der Waals surface area contributed by atoms with E-state index in [0.717, 1.165) is 4.31 Å². The predicted molar refractivity (Wildman–Crippen MR) is 68.1 cm³/mol. The number of aliphatic carboxylic acids is 1. The topological polar surface area (TPSA) is 74.7 Å². The number of sulfonamides is 1. The van der Waals surface area contributed by atoms with Crippen LogP contribution in [0, 0.1) is 5.92 Å². The highest BCUT2D eigenvalue weighted by Gasteiger charge is 2.24. The van der Waals surface area contributed by atoms with Gasteiger partial charge in [-0.05, 0) is 18.2 Å². The predicted octanol–water partition coefficient (Wildman–Crippen LogP) is 1.68. The van der Waals surface area contributed by atoms with E-state index in [0.29, 0.717) is 5.02 Å². The summed E-state index contributed by atoms with van der Waals surface area (Å²) in [6.45, 7) is 1.36. The molecule has 0 saturated carbocycles. The highest BCUT2D eigenvalue weighted by molar-refractivity contribution is 7.89. The van der Waals surface area contributed by atoms with Gasteiger partial charge in [0.2, 0.25) is 10.0 Å². The van der Waals surface area contributed by atoms with Crippen molar-refractivity contribution in [1.29, 1.82) is 0 Å². The van der Waals surface area contributed by atoms with Crippen molar-refractivity contribution in [3.05, 3.63) is 29.3 Å². The van der Waals surface area contributed by atoms with Crippen LogP contribution in [-0.4, -0.2) is 37.4 Å². The van der Waals surface area contributed by atoms with E-state index in [9.17, 15) is 13.2 Å². The first-order valence-corrected chi connectivity index (χ1v) is 7.01. The lowest BCUT2D eigenvalue weighted by atomic mass is 10.2. The Morgan fingerprint density at radius 1 is 1.50 bits per heavy atom. The fourth-order valence-electron chi connectivity index (χ4n) is 1.37. The number of hydrogen-bond acceptors (Lipinski definition) is 3. The fourth-order valence-corrected chi connectivity index (χ4v) is 2.93. The second kappa shape index (κ2) is 5.69. The van der Waals surface area contributed by atoms with Gasteiger partial charge in [0.1, 0.15) is 0 Å². The molecule has 1 rings (SSSR count). The molecule has 0 aliphatic heterocycles. The normalized spacial score (nSPS) is 13.6. The van der Waals surface area contributed by atoms with Crippen LogP contribution in [-0.2, 0) is 14.8 Å². The lowest BCUT2D eigenvalue weighted by molar-refractivity contribution is -0.141. The van der Waals surface area contributed by atoms with Crippen LogP contribution in [0.1, 0.15) is 6.92 Å². The number of hydrogen-bond donors (Lipinski definition) is 1. The maximum absolute atomic E-state index is 12.1. The first-order chi connectivity index (χ1) is 8.25. The summed E-state index contributed by atoms with van der Waals surface area (Å²) >= 11 is 5.73. The third kappa shape index (κ3) is 3.44. The van der Waals surface area contributed by atoms with Crippen LogP contribution < -0.4 is 0 Å². The first kappa shape index (κ1) is 14.9. The van der Waals surface area contributed by atoms with Crippen molar-refractivity contribution in [3.8, 4) is 0 Å². The Bertz CT molecular complexity index is 544. The van der Waals surface area contributed by atoms with Crippen molar-refractivity contribution in [2.75, 3.05) is 13.6 Å². The Morgan fingerprint density at radius 2 is 2.11 bits per heavy atom. The fraction of sp³-hybridized carbons (Fsp3) is 0.364. The van der Waals surface area contributed by atoms with E-state index in [-0.39, 0.29) is 11.4 Å². The van der Waals surface area contributed by atoms with E-state index in [1.807, 2.05) is 0 Å². The van der Waals surface area contributed by atoms with Crippen LogP contribution in [0.4, 0.5) is 0 Å². The van der Waals surface area contributed by atoms with Crippen molar-refractivity contribution >= 4 is 27.6 Å². The average molecular weight is 292 g/mol. The maximum Gasteiger partial charge on any atom is 0.307 e. The number of carboxylic acids is 1. The molecule has 7 heteroatoms. The van der Waals surface area contributed by atoms with Gasteiger partial charge in [0.05, 0.1) is 10.8 Å². The molecule has 1 N–H and O–H groups in total. The van der Waals surface area contributed by atoms with Crippen LogP contribution in [0.25, 0.3) is 0 Å². The Balaban J connectivity index is 2.97. The van der Waals surface area contributed by atoms with Gasteiger partial charge < -0.3 is 5.11 Å². The van der Waals surface area contributed by atoms with Gasteiger partial charge in [-0.25, -0.2) is 12.7 Å². The van der Waals surface area contributed by atoms with Crippen LogP contribution in [0.2, 0.25) is 5.02 Å². The smallest absolute Gasteiger partial charge is 0.307 e. The zero-order valence-electron chi connectivity index (χ0n) is 10.00. The second-order valence-corrected chi connectivity index (χ2v) is 6.46. The summed E-state index contributed by atoms with van der Waals surface area (Å²) in [6.07, 6.45) is 0. The van der Waals surface area contributed by atoms with E-state index in [2.05, 4.69) is 0 Å². The third-order valence-electron chi connectivity index (χ3n) is 2.46. The molecule has 0 aliphatic rings. The molecule has 0 radical (unpaired) electrons. The van der Waals surface area contributed by atoms with Crippen LogP contribution in [0.3, 0.4) is 0 Å². The summed E-state index contributed by atoms with van der Waals surface area (Å²) in [5.74, 6) is -1.81. The SMILES string of the molecule is CC(CN(C)S(=O)(=O)c1cccc(Cl)c1)C(=O)O. The minimum Gasteiger partial charge on any atom is -0.481 e. The Labute approximate surface area is 111 Å². The molecule has 0 saturated heterocycles. The molecular formula is C11H14ClNO4S. The summed E-state index contributed by atoms with van der Waals surface area (Å²) < 4.78 is 25.2. The number of nitrogens with zero attached hydrogens (tertiary/aromatic N) is 1. The van der Waals surface area contributed by atoms with Gasteiger partial charge in [0.15, 0.2) is 0 Å². The molecule has 1 atom stereocenters. The summed E-state index contributed by atoms with van der Waals surface area (Å²) in [7, 11) is -2.36. The van der Waals surface area contributed by atoms with Crippen molar-refractivity contribution in [2.45, 2.75) is 11.8 Å². The second-order valence-electron chi connectivity index (χ2n) is 3.98. The standard InChI is InChI=1S/C11H14ClNO4S/c1-8(11(14)15)7-13(2)18(16,17)10-5-3-4-9(12)6-10/h3-6,8H,7H2,1-2H3,(H,14,15). The molecule has 0 heterocycles. The number of benzene rings is 1. The average Bonchev–Trinajstić information content (AvgIpc) is 2.28. The number of halogens is 1. The molecule has 0 amide bonds. The van der Waals surface area contributed by atoms with Gasteiger partial charge in [0, 0.05) is 18.6 Å². The van der Waals surface area contributed by atoms with E-state index in [1.165, 1.54) is 32.2 Å². The van der Waals surface area contributed by atoms with Crippen molar-refractivity contribution in [3.63, 3.8) is 0 Å². The summed E-state index contributed by atoms with van der Waals surface area (Å²) in [5.41, 5.74) is 0. The molecular weight excluding hydrogens is 278 g/mol. The van der Waals surface area contributed by atoms with E-state index in [4.69, 9.17) is 16.7 Å². The van der Waals surface area contributed by atoms with Gasteiger partial charge in [-0.2, -0.15) is 0 Å². The molecule has 0 aromatic heterocycles. The Morgan fingerprint density at radius 3 is 2.61 bits per heavy atom. The number of rotatable bonds is 5. The summed E-state index contributed by atoms with van der Waals surface area (Å²) in [6, 6.07) is 5.85. The number of carboxylic acid groups (broad SMARTS) is 1. The lowest BCUT2D eigenvalue weighted by Crippen LogP contribution is -2.33. The zero-order valence-corrected chi connectivity index (χ0v) is 11.6. The molecule has 1 aromatic carbocycles. The van der Waals surface area contributed by atoms with Gasteiger partial charge in [-0.1, -0.05) is 24.6 Å². The maximum atomic E-state index is 12.1. The highest BCUT2D eigenvalue weighted by Crippen LogP contribution is 2.19. The minimum atomic E-state index is -3.70. The van der Waals surface area contributed by atoms with Gasteiger partial charge in [0.25, 0.3) is 0 Å². The molecule has 0 spiro atoms. The van der Waals surface area contributed by atoms with E-state index < -0.39 is 21.9 Å². The van der Waals surface area contributed by atoms with E-state index >= 15 is 0 Å². The minimum absolute atomic E-state index is 0.0510. The van der Waals surface area contributed by atoms with Gasteiger partial charge >= 0.3 is 5.97 Å². The summed E-state index contributed by atoms with van der Waals surface area (Å²) in [5, 5.41) is 9.08. The molecule has 100 valence electrons. The third-order valence-corrected chi connectivity index (χ3v) is 4.51. The van der Waals surface area contributed by atoms with Crippen molar-refractivity contribution in [2.24, 2.45) is 5.92 Å². The highest BCUT2D eigenvalue weighted by atomic mass is 35.5. The molecule has 0 aliphatic carbocycles. The Hall–Kier alpha value is -1.11. The van der Waals surface area contributed by atoms with Gasteiger partial charge in [-0.15, -0.1) is 0 Å². The van der Waals surface area contributed by atoms with Crippen LogP contribution in [0.15, 0.2) is 29.2 Å². The van der Waals surface area contributed by atoms with Crippen LogP contribution in [0.5, 0.6) is 0 Å². The molecule has 5 nitrogen and oxygen atoms in total. The first-order valence-electron chi connectivity index (χ1n) is 5.20. The molecule has 0 fully saturated rings. The molecule has 1 aromatic rings. The van der Waals surface area contributed by atoms with Crippen molar-refractivity contribution < 1.29 is 18.3 Å². The van der Waals surface area contributed by atoms with E-state index in [1.54, 1.807) is 6.07 Å². The largest absolute Gasteiger partial charge is 0.481 e. The molecule has 18 heavy (non-hydrogen) atoms. The monoisotopic (exact) mass is 291 g/mol.